The summed E-state index contributed by atoms with van der Waals surface area (Å²) in [6.45, 7) is 8.63. The number of amides is 2. The quantitative estimate of drug-likeness (QED) is 0.695. The molecule has 1 saturated heterocycles. The van der Waals surface area contributed by atoms with Crippen molar-refractivity contribution in [2.75, 3.05) is 38.0 Å². The number of hydrogen-bond donors (Lipinski definition) is 1. The fourth-order valence-electron chi connectivity index (χ4n) is 3.43. The fraction of sp³-hybridized carbons (Fsp3) is 0.391. The molecule has 0 aromatic heterocycles. The second-order valence-corrected chi connectivity index (χ2v) is 8.53. The molecule has 1 N–H and O–H groups in total. The number of aryl methyl sites for hydroxylation is 1. The highest BCUT2D eigenvalue weighted by atomic mass is 79.9. The molecule has 1 aliphatic rings. The van der Waals surface area contributed by atoms with Crippen LogP contribution in [0, 0.1) is 13.8 Å². The van der Waals surface area contributed by atoms with Crippen molar-refractivity contribution < 1.29 is 14.3 Å². The molecule has 1 heterocycles. The Balaban J connectivity index is 1.45. The van der Waals surface area contributed by atoms with Crippen LogP contribution in [0.1, 0.15) is 18.1 Å². The third-order valence-electron chi connectivity index (χ3n) is 5.40. The van der Waals surface area contributed by atoms with Crippen LogP contribution in [0.2, 0.25) is 0 Å². The molecule has 1 atom stereocenters. The lowest BCUT2D eigenvalue weighted by molar-refractivity contribution is -0.139. The maximum atomic E-state index is 12.7. The molecule has 2 aromatic rings. The number of nitrogens with one attached hydrogen (secondary N) is 1. The molecule has 1 aliphatic heterocycles. The van der Waals surface area contributed by atoms with Crippen LogP contribution in [-0.2, 0) is 9.59 Å². The molecule has 0 aliphatic carbocycles. The SMILES string of the molecule is Cc1cccc(NC(=O)CN2CCN(C(=O)[C@H](C)Oc3ccc(Br)cc3)CC2)c1C. The Bertz CT molecular complexity index is 893. The number of anilines is 1. The molecule has 6 nitrogen and oxygen atoms in total. The van der Waals surface area contributed by atoms with Crippen molar-refractivity contribution in [1.29, 1.82) is 0 Å². The van der Waals surface area contributed by atoms with Gasteiger partial charge < -0.3 is 15.0 Å². The lowest BCUT2D eigenvalue weighted by Crippen LogP contribution is -2.53. The molecule has 3 rings (SSSR count). The number of halogens is 1. The maximum Gasteiger partial charge on any atom is 0.263 e. The van der Waals surface area contributed by atoms with E-state index in [4.69, 9.17) is 4.74 Å². The molecule has 0 spiro atoms. The van der Waals surface area contributed by atoms with Gasteiger partial charge in [0.15, 0.2) is 6.10 Å². The molecule has 0 radical (unpaired) electrons. The van der Waals surface area contributed by atoms with Crippen molar-refractivity contribution in [2.24, 2.45) is 0 Å². The second-order valence-electron chi connectivity index (χ2n) is 7.61. The zero-order valence-electron chi connectivity index (χ0n) is 17.7. The number of benzene rings is 2. The van der Waals surface area contributed by atoms with E-state index in [1.165, 1.54) is 0 Å². The Labute approximate surface area is 186 Å². The summed E-state index contributed by atoms with van der Waals surface area (Å²) in [6.07, 6.45) is -0.551. The minimum atomic E-state index is -0.551. The average molecular weight is 474 g/mol. The van der Waals surface area contributed by atoms with Gasteiger partial charge in [0.2, 0.25) is 5.91 Å². The van der Waals surface area contributed by atoms with Crippen LogP contribution in [0.4, 0.5) is 5.69 Å². The summed E-state index contributed by atoms with van der Waals surface area (Å²) in [6, 6.07) is 13.3. The van der Waals surface area contributed by atoms with Gasteiger partial charge in [0.05, 0.1) is 6.54 Å². The van der Waals surface area contributed by atoms with E-state index < -0.39 is 6.10 Å². The van der Waals surface area contributed by atoms with Crippen molar-refractivity contribution >= 4 is 33.4 Å². The fourth-order valence-corrected chi connectivity index (χ4v) is 3.69. The van der Waals surface area contributed by atoms with Gasteiger partial charge in [-0.15, -0.1) is 0 Å². The first-order valence-corrected chi connectivity index (χ1v) is 10.9. The topological polar surface area (TPSA) is 61.9 Å². The summed E-state index contributed by atoms with van der Waals surface area (Å²) < 4.78 is 6.74. The molecule has 0 unspecified atom stereocenters. The van der Waals surface area contributed by atoms with E-state index in [1.54, 1.807) is 6.92 Å². The number of ether oxygens (including phenoxy) is 1. The highest BCUT2D eigenvalue weighted by Gasteiger charge is 2.26. The molecule has 1 fully saturated rings. The summed E-state index contributed by atoms with van der Waals surface area (Å²) >= 11 is 3.39. The van der Waals surface area contributed by atoms with Crippen LogP contribution in [0.5, 0.6) is 5.75 Å². The maximum absolute atomic E-state index is 12.7. The van der Waals surface area contributed by atoms with Crippen molar-refractivity contribution in [3.05, 3.63) is 58.1 Å². The molecule has 30 heavy (non-hydrogen) atoms. The van der Waals surface area contributed by atoms with E-state index in [2.05, 4.69) is 26.1 Å². The number of piperazine rings is 1. The van der Waals surface area contributed by atoms with Crippen LogP contribution in [0.25, 0.3) is 0 Å². The number of carbonyl (C=O) groups is 2. The van der Waals surface area contributed by atoms with E-state index in [-0.39, 0.29) is 11.8 Å². The zero-order chi connectivity index (χ0) is 21.7. The van der Waals surface area contributed by atoms with Gasteiger partial charge in [-0.1, -0.05) is 28.1 Å². The molecule has 7 heteroatoms. The Morgan fingerprint density at radius 2 is 1.73 bits per heavy atom. The van der Waals surface area contributed by atoms with Gasteiger partial charge >= 0.3 is 0 Å². The summed E-state index contributed by atoms with van der Waals surface area (Å²) in [5.41, 5.74) is 3.09. The average Bonchev–Trinajstić information content (AvgIpc) is 2.73. The van der Waals surface area contributed by atoms with Crippen LogP contribution >= 0.6 is 15.9 Å². The van der Waals surface area contributed by atoms with Crippen molar-refractivity contribution in [3.63, 3.8) is 0 Å². The monoisotopic (exact) mass is 473 g/mol. The van der Waals surface area contributed by atoms with Crippen molar-refractivity contribution in [3.8, 4) is 5.75 Å². The van der Waals surface area contributed by atoms with Crippen LogP contribution in [-0.4, -0.2) is 60.4 Å². The Hall–Kier alpha value is -2.38. The summed E-state index contributed by atoms with van der Waals surface area (Å²) in [4.78, 5) is 29.0. The minimum Gasteiger partial charge on any atom is -0.481 e. The number of hydrogen-bond acceptors (Lipinski definition) is 4. The Kier molecular flexibility index (Phi) is 7.50. The van der Waals surface area contributed by atoms with Gasteiger partial charge in [-0.3, -0.25) is 14.5 Å². The Morgan fingerprint density at radius 3 is 2.40 bits per heavy atom. The summed E-state index contributed by atoms with van der Waals surface area (Å²) in [5, 5.41) is 3.00. The number of carbonyl (C=O) groups excluding carboxylic acids is 2. The predicted octanol–water partition coefficient (Wildman–Crippen LogP) is 3.62. The van der Waals surface area contributed by atoms with Crippen LogP contribution in [0.3, 0.4) is 0 Å². The molecular weight excluding hydrogens is 446 g/mol. The minimum absolute atomic E-state index is 0.0302. The van der Waals surface area contributed by atoms with Gasteiger partial charge in [0.1, 0.15) is 5.75 Å². The standard InChI is InChI=1S/C23H28BrN3O3/c1-16-5-4-6-21(17(16)2)25-22(28)15-26-11-13-27(14-12-26)23(29)18(3)30-20-9-7-19(24)8-10-20/h4-10,18H,11-15H2,1-3H3,(H,25,28)/t18-/m0/s1. The van der Waals surface area contributed by atoms with Crippen LogP contribution < -0.4 is 10.1 Å². The highest BCUT2D eigenvalue weighted by molar-refractivity contribution is 9.10. The predicted molar refractivity (Wildman–Crippen MR) is 122 cm³/mol. The van der Waals surface area contributed by atoms with Crippen molar-refractivity contribution in [1.82, 2.24) is 9.80 Å². The highest BCUT2D eigenvalue weighted by Crippen LogP contribution is 2.19. The molecule has 160 valence electrons. The smallest absolute Gasteiger partial charge is 0.263 e. The van der Waals surface area contributed by atoms with Crippen molar-refractivity contribution in [2.45, 2.75) is 26.9 Å². The first-order valence-electron chi connectivity index (χ1n) is 10.1. The number of rotatable bonds is 6. The van der Waals surface area contributed by atoms with E-state index in [0.717, 1.165) is 21.3 Å². The lowest BCUT2D eigenvalue weighted by atomic mass is 10.1. The molecule has 0 bridgehead atoms. The normalized spacial score (nSPS) is 15.5. The third-order valence-corrected chi connectivity index (χ3v) is 5.93. The lowest BCUT2D eigenvalue weighted by Gasteiger charge is -2.35. The second kappa shape index (κ2) is 10.1. The largest absolute Gasteiger partial charge is 0.481 e. The third kappa shape index (κ3) is 5.83. The first-order chi connectivity index (χ1) is 14.3. The van der Waals surface area contributed by atoms with Gasteiger partial charge in [-0.05, 0) is 62.2 Å². The van der Waals surface area contributed by atoms with Crippen LogP contribution in [0.15, 0.2) is 46.9 Å². The zero-order valence-corrected chi connectivity index (χ0v) is 19.2. The van der Waals surface area contributed by atoms with Gasteiger partial charge in [0.25, 0.3) is 5.91 Å². The van der Waals surface area contributed by atoms with E-state index in [9.17, 15) is 9.59 Å². The molecule has 2 aromatic carbocycles. The molecule has 0 saturated carbocycles. The van der Waals surface area contributed by atoms with Gasteiger partial charge in [0, 0.05) is 36.3 Å². The van der Waals surface area contributed by atoms with E-state index in [0.29, 0.717) is 38.5 Å². The van der Waals surface area contributed by atoms with E-state index in [1.807, 2.05) is 61.2 Å². The molecular formula is C23H28BrN3O3. The Morgan fingerprint density at radius 1 is 1.07 bits per heavy atom. The van der Waals surface area contributed by atoms with E-state index >= 15 is 0 Å². The molecule has 2 amide bonds. The number of nitrogens with zero attached hydrogens (tertiary/aromatic N) is 2. The first kappa shape index (κ1) is 22.3. The van der Waals surface area contributed by atoms with Gasteiger partial charge in [-0.25, -0.2) is 0 Å². The summed E-state index contributed by atoms with van der Waals surface area (Å²) in [7, 11) is 0. The van der Waals surface area contributed by atoms with Gasteiger partial charge in [-0.2, -0.15) is 0 Å². The summed E-state index contributed by atoms with van der Waals surface area (Å²) in [5.74, 6) is 0.605.